The van der Waals surface area contributed by atoms with E-state index in [2.05, 4.69) is 34.3 Å². The molecule has 0 saturated heterocycles. The molecule has 0 aliphatic carbocycles. The van der Waals surface area contributed by atoms with E-state index in [1.165, 1.54) is 212 Å². The van der Waals surface area contributed by atoms with E-state index in [0.29, 0.717) is 32.3 Å². The number of carbonyl (C=O) groups is 4. The van der Waals surface area contributed by atoms with Crippen LogP contribution in [0.3, 0.4) is 0 Å². The number of ether oxygens (including phenoxy) is 3. The fraction of sp³-hybridized carbons (Fsp3) is 0.921. The topological polar surface area (TPSA) is 157 Å². The van der Waals surface area contributed by atoms with Crippen LogP contribution in [0.15, 0.2) is 12.7 Å². The Morgan fingerprint density at radius 3 is 0.767 bits per heavy atom. The van der Waals surface area contributed by atoms with Crippen molar-refractivity contribution in [2.24, 2.45) is 0 Å². The zero-order valence-electron chi connectivity index (χ0n) is 56.9. The van der Waals surface area contributed by atoms with Crippen LogP contribution >= 0.6 is 0 Å². The van der Waals surface area contributed by atoms with Gasteiger partial charge in [0.25, 0.3) is 0 Å². The molecule has 0 bridgehead atoms. The Morgan fingerprint density at radius 2 is 0.523 bits per heavy atom. The van der Waals surface area contributed by atoms with E-state index in [1.807, 2.05) is 0 Å². The molecule has 0 aliphatic rings. The quantitative estimate of drug-likeness (QED) is 0.0232. The molecular weight excluding hydrogens is 1070 g/mol. The van der Waals surface area contributed by atoms with Crippen molar-refractivity contribution in [2.75, 3.05) is 6.61 Å². The van der Waals surface area contributed by atoms with Crippen LogP contribution in [0.4, 0.5) is 0 Å². The van der Waals surface area contributed by atoms with E-state index in [1.54, 1.807) is 6.08 Å². The predicted molar refractivity (Wildman–Crippen MR) is 367 cm³/mol. The molecule has 0 amide bonds. The summed E-state index contributed by atoms with van der Waals surface area (Å²) in [5.74, 6) is -0.798. The minimum absolute atomic E-state index is 0. The summed E-state index contributed by atoms with van der Waals surface area (Å²) in [5, 5.41) is 28.9. The molecule has 0 aromatic rings. The number of carboxylic acids is 1. The number of rotatable bonds is 68. The number of hydrogen-bond acceptors (Lipinski definition) is 9. The molecule has 3 N–H and O–H groups in total. The van der Waals surface area contributed by atoms with Crippen LogP contribution in [-0.4, -0.2) is 70.2 Å². The number of carbonyl (C=O) groups excluding carboxylic acids is 3. The average Bonchev–Trinajstić information content (AvgIpc) is 3.50. The summed E-state index contributed by atoms with van der Waals surface area (Å²) in [7, 11) is 0. The van der Waals surface area contributed by atoms with Crippen LogP contribution in [-0.2, 0) is 33.4 Å². The fourth-order valence-electron chi connectivity index (χ4n) is 11.6. The normalized spacial score (nSPS) is 12.6. The molecule has 4 atom stereocenters. The first kappa shape index (κ1) is 87.7. The van der Waals surface area contributed by atoms with Crippen molar-refractivity contribution in [1.29, 1.82) is 0 Å². The smallest absolute Gasteiger partial charge is 0.306 e. The number of aliphatic hydroxyl groups excluding tert-OH is 2. The summed E-state index contributed by atoms with van der Waals surface area (Å²) < 4.78 is 16.9. The summed E-state index contributed by atoms with van der Waals surface area (Å²) >= 11 is 0. The number of carboxylic acid groups (broad SMARTS) is 1. The van der Waals surface area contributed by atoms with Crippen molar-refractivity contribution in [2.45, 2.75) is 445 Å². The summed E-state index contributed by atoms with van der Waals surface area (Å²) in [6.45, 7) is 12.8. The lowest BCUT2D eigenvalue weighted by molar-refractivity contribution is -0.151. The molecule has 0 aromatic heterocycles. The number of unbranched alkanes of at least 4 members (excludes halogenated alkanes) is 40. The second kappa shape index (κ2) is 73.3. The highest BCUT2D eigenvalue weighted by atomic mass is 16.5. The Bertz CT molecular complexity index is 1400. The van der Waals surface area contributed by atoms with Gasteiger partial charge in [-0.25, -0.2) is 0 Å². The van der Waals surface area contributed by atoms with Gasteiger partial charge in [-0.2, -0.15) is 0 Å². The molecule has 4 unspecified atom stereocenters. The molecular formula is C76H148O10. The third kappa shape index (κ3) is 72.3. The molecule has 0 saturated carbocycles. The highest BCUT2D eigenvalue weighted by Crippen LogP contribution is 2.22. The van der Waals surface area contributed by atoms with Crippen LogP contribution in [0.2, 0.25) is 0 Å². The first-order chi connectivity index (χ1) is 41.5. The highest BCUT2D eigenvalue weighted by molar-refractivity contribution is 5.70. The minimum atomic E-state index is -0.687. The van der Waals surface area contributed by atoms with Gasteiger partial charge in [-0.3, -0.25) is 19.2 Å². The van der Waals surface area contributed by atoms with Gasteiger partial charge < -0.3 is 29.5 Å². The maximum Gasteiger partial charge on any atom is 0.306 e. The van der Waals surface area contributed by atoms with Crippen molar-refractivity contribution in [1.82, 2.24) is 0 Å². The standard InChI is InChI=1S/C39H74O5.C36H70O5.CH4/c1-4-7-9-23-29-36(40)30-24-19-15-11-13-18-22-28-34-39(42)44-37(31-25-10-8-5-2)32-26-20-16-12-14-17-21-27-33-38(41)43-35-6-3;1-3-5-7-21-27-33(37)28-22-17-13-9-12-16-20-26-32-36(40)41-34(29-23-8-6-4-2)30-24-18-14-10-11-15-19-25-31-35(38)39;/h6,36-37,40H,3-5,7-35H2,1-2H3;33-34,37H,3-32H2,1-2H3,(H,38,39);1H4. The van der Waals surface area contributed by atoms with Crippen LogP contribution in [0.25, 0.3) is 0 Å². The van der Waals surface area contributed by atoms with Crippen molar-refractivity contribution in [3.8, 4) is 0 Å². The minimum Gasteiger partial charge on any atom is -0.481 e. The third-order valence-corrected chi connectivity index (χ3v) is 17.2. The monoisotopic (exact) mass is 1220 g/mol. The van der Waals surface area contributed by atoms with Crippen LogP contribution < -0.4 is 0 Å². The lowest BCUT2D eigenvalue weighted by Gasteiger charge is -2.18. The average molecular weight is 1220 g/mol. The predicted octanol–water partition coefficient (Wildman–Crippen LogP) is 23.5. The summed E-state index contributed by atoms with van der Waals surface area (Å²) in [5.41, 5.74) is 0. The fourth-order valence-corrected chi connectivity index (χ4v) is 11.6. The molecule has 10 nitrogen and oxygen atoms in total. The Labute approximate surface area is 534 Å². The van der Waals surface area contributed by atoms with Gasteiger partial charge in [-0.1, -0.05) is 305 Å². The molecule has 0 rings (SSSR count). The van der Waals surface area contributed by atoms with Gasteiger partial charge in [0.1, 0.15) is 18.8 Å². The van der Waals surface area contributed by atoms with Gasteiger partial charge in [-0.15, -0.1) is 0 Å². The third-order valence-electron chi connectivity index (χ3n) is 17.2. The lowest BCUT2D eigenvalue weighted by atomic mass is 10.0. The second-order valence-electron chi connectivity index (χ2n) is 25.8. The van der Waals surface area contributed by atoms with Gasteiger partial charge in [-0.05, 0) is 103 Å². The zero-order chi connectivity index (χ0) is 62.6. The Kier molecular flexibility index (Phi) is 74.8. The number of aliphatic carboxylic acids is 1. The van der Waals surface area contributed by atoms with Gasteiger partial charge in [0.15, 0.2) is 0 Å². The number of aliphatic hydroxyl groups is 2. The maximum atomic E-state index is 12.6. The molecule has 0 aromatic carbocycles. The highest BCUT2D eigenvalue weighted by Gasteiger charge is 2.16. The SMILES string of the molecule is C.C=CCOC(=O)CCCCCCCCCCC(CCCCCC)OC(=O)CCCCCCCCCCC(O)CCCCCC.CCCCCCC(O)CCCCCCCCCCC(=O)OC(CCCCCC)CCCCCCCCCCC(=O)O. The van der Waals surface area contributed by atoms with Crippen molar-refractivity contribution in [3.05, 3.63) is 12.7 Å². The van der Waals surface area contributed by atoms with Crippen molar-refractivity contribution < 1.29 is 48.7 Å². The van der Waals surface area contributed by atoms with Gasteiger partial charge in [0.05, 0.1) is 12.2 Å². The van der Waals surface area contributed by atoms with Crippen LogP contribution in [0, 0.1) is 0 Å². The molecule has 0 aliphatic heterocycles. The molecule has 0 radical (unpaired) electrons. The van der Waals surface area contributed by atoms with E-state index in [-0.39, 0.29) is 49.8 Å². The molecule has 86 heavy (non-hydrogen) atoms. The van der Waals surface area contributed by atoms with E-state index < -0.39 is 5.97 Å². The van der Waals surface area contributed by atoms with E-state index in [9.17, 15) is 29.4 Å². The Morgan fingerprint density at radius 1 is 0.314 bits per heavy atom. The van der Waals surface area contributed by atoms with Crippen molar-refractivity contribution in [3.63, 3.8) is 0 Å². The summed E-state index contributed by atoms with van der Waals surface area (Å²) in [6, 6.07) is 0. The molecule has 0 spiro atoms. The summed E-state index contributed by atoms with van der Waals surface area (Å²) in [4.78, 5) is 47.2. The summed E-state index contributed by atoms with van der Waals surface area (Å²) in [6.07, 6.45) is 68.1. The Hall–Kier alpha value is -2.46. The molecule has 512 valence electrons. The van der Waals surface area contributed by atoms with Gasteiger partial charge >= 0.3 is 23.9 Å². The first-order valence-corrected chi connectivity index (χ1v) is 37.3. The second-order valence-corrected chi connectivity index (χ2v) is 25.8. The van der Waals surface area contributed by atoms with Gasteiger partial charge in [0, 0.05) is 25.7 Å². The van der Waals surface area contributed by atoms with Gasteiger partial charge in [0.2, 0.25) is 0 Å². The molecule has 0 fully saturated rings. The zero-order valence-corrected chi connectivity index (χ0v) is 56.9. The van der Waals surface area contributed by atoms with E-state index >= 15 is 0 Å². The van der Waals surface area contributed by atoms with Crippen LogP contribution in [0.1, 0.15) is 420 Å². The maximum absolute atomic E-state index is 12.6. The molecule has 0 heterocycles. The van der Waals surface area contributed by atoms with Crippen molar-refractivity contribution >= 4 is 23.9 Å². The number of hydrogen-bond donors (Lipinski definition) is 3. The lowest BCUT2D eigenvalue weighted by Crippen LogP contribution is -2.18. The molecule has 10 heteroatoms. The largest absolute Gasteiger partial charge is 0.481 e. The number of esters is 3. The first-order valence-electron chi connectivity index (χ1n) is 37.3. The van der Waals surface area contributed by atoms with Crippen LogP contribution in [0.5, 0.6) is 0 Å². The van der Waals surface area contributed by atoms with E-state index in [0.717, 1.165) is 148 Å². The Balaban J connectivity index is -0.00000159. The van der Waals surface area contributed by atoms with E-state index in [4.69, 9.17) is 19.3 Å².